The van der Waals surface area contributed by atoms with Crippen LogP contribution in [0.4, 0.5) is 0 Å². The molecule has 1 N–H and O–H groups in total. The molecule has 1 unspecified atom stereocenters. The Kier molecular flexibility index (Phi) is 4.87. The highest BCUT2D eigenvalue weighted by atomic mass is 35.5. The Balaban J connectivity index is 1.89. The minimum absolute atomic E-state index is 0.132. The first kappa shape index (κ1) is 18.6. The third-order valence-electron chi connectivity index (χ3n) is 4.72. The van der Waals surface area contributed by atoms with Gasteiger partial charge in [0.05, 0.1) is 4.34 Å². The zero-order valence-corrected chi connectivity index (χ0v) is 16.4. The van der Waals surface area contributed by atoms with Crippen LogP contribution in [-0.2, 0) is 19.6 Å². The lowest BCUT2D eigenvalue weighted by molar-refractivity contribution is -0.151. The molecule has 0 aromatic carbocycles. The van der Waals surface area contributed by atoms with E-state index in [-0.39, 0.29) is 22.6 Å². The summed E-state index contributed by atoms with van der Waals surface area (Å²) in [4.78, 5) is 26.7. The van der Waals surface area contributed by atoms with Crippen molar-refractivity contribution in [1.82, 2.24) is 14.5 Å². The number of piperazine rings is 1. The first-order valence-electron chi connectivity index (χ1n) is 8.02. The van der Waals surface area contributed by atoms with Crippen LogP contribution in [0.2, 0.25) is 4.34 Å². The van der Waals surface area contributed by atoms with Gasteiger partial charge in [-0.25, -0.2) is 8.42 Å². The first-order valence-corrected chi connectivity index (χ1v) is 10.7. The summed E-state index contributed by atoms with van der Waals surface area (Å²) in [5.74, 6) is -0.548. The van der Waals surface area contributed by atoms with Gasteiger partial charge in [0.1, 0.15) is 15.8 Å². The summed E-state index contributed by atoms with van der Waals surface area (Å²) >= 11 is 6.84. The highest BCUT2D eigenvalue weighted by Crippen LogP contribution is 2.33. The van der Waals surface area contributed by atoms with Gasteiger partial charge in [0.25, 0.3) is 10.0 Å². The fourth-order valence-electron chi connectivity index (χ4n) is 3.29. The normalized spacial score (nSPS) is 24.4. The maximum Gasteiger partial charge on any atom is 0.253 e. The van der Waals surface area contributed by atoms with Gasteiger partial charge >= 0.3 is 0 Å². The van der Waals surface area contributed by atoms with Crippen molar-refractivity contribution in [3.63, 3.8) is 0 Å². The summed E-state index contributed by atoms with van der Waals surface area (Å²) in [6.07, 6.45) is 1.06. The number of amides is 2. The van der Waals surface area contributed by atoms with E-state index in [1.54, 1.807) is 13.8 Å². The number of thiophene rings is 1. The highest BCUT2D eigenvalue weighted by molar-refractivity contribution is 7.91. The average molecular weight is 406 g/mol. The van der Waals surface area contributed by atoms with Crippen molar-refractivity contribution in [2.75, 3.05) is 19.6 Å². The van der Waals surface area contributed by atoms with Gasteiger partial charge in [0, 0.05) is 19.6 Å². The van der Waals surface area contributed by atoms with E-state index in [1.807, 2.05) is 0 Å². The second-order valence-corrected chi connectivity index (χ2v) is 10.5. The number of hydrogen-bond acceptors (Lipinski definition) is 5. The maximum atomic E-state index is 13.1. The van der Waals surface area contributed by atoms with Gasteiger partial charge in [-0.05, 0) is 38.8 Å². The molecule has 1 aromatic heterocycles. The molecule has 10 heteroatoms. The zero-order chi connectivity index (χ0) is 18.4. The lowest BCUT2D eigenvalue weighted by Crippen LogP contribution is -2.65. The Morgan fingerprint density at radius 1 is 1.36 bits per heavy atom. The predicted octanol–water partition coefficient (Wildman–Crippen LogP) is 1.29. The van der Waals surface area contributed by atoms with Crippen molar-refractivity contribution in [1.29, 1.82) is 0 Å². The van der Waals surface area contributed by atoms with Crippen LogP contribution < -0.4 is 5.32 Å². The van der Waals surface area contributed by atoms with Crippen LogP contribution in [0, 0.1) is 0 Å². The molecule has 2 amide bonds. The molecule has 25 heavy (non-hydrogen) atoms. The summed E-state index contributed by atoms with van der Waals surface area (Å²) in [6.45, 7) is 4.37. The van der Waals surface area contributed by atoms with E-state index in [4.69, 9.17) is 11.6 Å². The molecule has 138 valence electrons. The molecule has 7 nitrogen and oxygen atoms in total. The molecule has 0 radical (unpaired) electrons. The Morgan fingerprint density at radius 2 is 2.08 bits per heavy atom. The van der Waals surface area contributed by atoms with Crippen LogP contribution in [-0.4, -0.2) is 60.7 Å². The number of carbonyl (C=O) groups excluding carboxylic acids is 2. The van der Waals surface area contributed by atoms with Gasteiger partial charge in [0.15, 0.2) is 0 Å². The monoisotopic (exact) mass is 405 g/mol. The molecule has 2 saturated heterocycles. The maximum absolute atomic E-state index is 13.1. The van der Waals surface area contributed by atoms with Crippen LogP contribution in [0.5, 0.6) is 0 Å². The second-order valence-electron chi connectivity index (χ2n) is 6.64. The van der Waals surface area contributed by atoms with E-state index in [2.05, 4.69) is 5.32 Å². The Labute approximate surface area is 156 Å². The molecule has 1 atom stereocenters. The Bertz CT molecular complexity index is 805. The topological polar surface area (TPSA) is 86.8 Å². The minimum Gasteiger partial charge on any atom is -0.352 e. The number of halogens is 1. The molecule has 3 rings (SSSR count). The van der Waals surface area contributed by atoms with Crippen LogP contribution >= 0.6 is 22.9 Å². The van der Waals surface area contributed by atoms with Gasteiger partial charge in [-0.3, -0.25) is 9.59 Å². The van der Waals surface area contributed by atoms with E-state index in [0.717, 1.165) is 11.3 Å². The minimum atomic E-state index is -3.78. The molecular formula is C15H20ClN3O4S2. The standard InChI is InChI=1S/C15H20ClN3O4S2/c1-15(2)14(21)17-7-9-18(15)13(20)10-4-3-8-19(10)25(22,23)12-6-5-11(16)24-12/h5-6,10H,3-4,7-9H2,1-2H3,(H,17,21). The lowest BCUT2D eigenvalue weighted by Gasteiger charge is -2.43. The van der Waals surface area contributed by atoms with E-state index < -0.39 is 21.6 Å². The largest absolute Gasteiger partial charge is 0.352 e. The van der Waals surface area contributed by atoms with Crippen molar-refractivity contribution < 1.29 is 18.0 Å². The first-order chi connectivity index (χ1) is 11.7. The summed E-state index contributed by atoms with van der Waals surface area (Å²) < 4.78 is 27.6. The van der Waals surface area contributed by atoms with E-state index in [0.29, 0.717) is 30.3 Å². The van der Waals surface area contributed by atoms with Crippen molar-refractivity contribution in [3.05, 3.63) is 16.5 Å². The summed E-state index contributed by atoms with van der Waals surface area (Å²) in [5.41, 5.74) is -1.00. The van der Waals surface area contributed by atoms with Gasteiger partial charge in [-0.15, -0.1) is 11.3 Å². The zero-order valence-electron chi connectivity index (χ0n) is 14.0. The van der Waals surface area contributed by atoms with Crippen LogP contribution in [0.15, 0.2) is 16.3 Å². The molecular weight excluding hydrogens is 386 g/mol. The van der Waals surface area contributed by atoms with Crippen molar-refractivity contribution in [2.45, 2.75) is 42.5 Å². The quantitative estimate of drug-likeness (QED) is 0.820. The van der Waals surface area contributed by atoms with Gasteiger partial charge < -0.3 is 10.2 Å². The van der Waals surface area contributed by atoms with Crippen LogP contribution in [0.25, 0.3) is 0 Å². The fraction of sp³-hybridized carbons (Fsp3) is 0.600. The number of carbonyl (C=O) groups is 2. The predicted molar refractivity (Wildman–Crippen MR) is 95.0 cm³/mol. The Morgan fingerprint density at radius 3 is 2.72 bits per heavy atom. The summed E-state index contributed by atoms with van der Waals surface area (Å²) in [7, 11) is -3.78. The van der Waals surface area contributed by atoms with Crippen molar-refractivity contribution in [2.24, 2.45) is 0 Å². The molecule has 0 bridgehead atoms. The third-order valence-corrected chi connectivity index (χ3v) is 8.32. The number of rotatable bonds is 3. The molecule has 2 aliphatic rings. The molecule has 1 aromatic rings. The molecule has 3 heterocycles. The number of nitrogens with one attached hydrogen (secondary N) is 1. The molecule has 0 aliphatic carbocycles. The van der Waals surface area contributed by atoms with Gasteiger partial charge in [-0.2, -0.15) is 4.31 Å². The molecule has 2 aliphatic heterocycles. The van der Waals surface area contributed by atoms with Crippen LogP contribution in [0.3, 0.4) is 0 Å². The number of nitrogens with zero attached hydrogens (tertiary/aromatic N) is 2. The summed E-state index contributed by atoms with van der Waals surface area (Å²) in [6, 6.07) is 2.21. The molecule has 2 fully saturated rings. The fourth-order valence-corrected chi connectivity index (χ4v) is 6.55. The lowest BCUT2D eigenvalue weighted by atomic mass is 9.97. The van der Waals surface area contributed by atoms with Crippen molar-refractivity contribution >= 4 is 44.8 Å². The molecule has 0 saturated carbocycles. The Hall–Kier alpha value is -1.16. The van der Waals surface area contributed by atoms with Crippen molar-refractivity contribution in [3.8, 4) is 0 Å². The van der Waals surface area contributed by atoms with Gasteiger partial charge in [0.2, 0.25) is 11.8 Å². The van der Waals surface area contributed by atoms with Gasteiger partial charge in [-0.1, -0.05) is 11.6 Å². The SMILES string of the molecule is CC1(C)C(=O)NCCN1C(=O)C1CCCN1S(=O)(=O)c1ccc(Cl)s1. The van der Waals surface area contributed by atoms with E-state index in [9.17, 15) is 18.0 Å². The second kappa shape index (κ2) is 6.53. The summed E-state index contributed by atoms with van der Waals surface area (Å²) in [5, 5.41) is 2.74. The number of sulfonamides is 1. The smallest absolute Gasteiger partial charge is 0.253 e. The third kappa shape index (κ3) is 3.18. The molecule has 0 spiro atoms. The number of hydrogen-bond donors (Lipinski definition) is 1. The van der Waals surface area contributed by atoms with E-state index >= 15 is 0 Å². The average Bonchev–Trinajstić information content (AvgIpc) is 3.18. The van der Waals surface area contributed by atoms with Crippen LogP contribution in [0.1, 0.15) is 26.7 Å². The highest BCUT2D eigenvalue weighted by Gasteiger charge is 2.47. The van der Waals surface area contributed by atoms with E-state index in [1.165, 1.54) is 21.3 Å².